The molecule has 4 heterocycles. The molecule has 0 atom stereocenters. The van der Waals surface area contributed by atoms with Crippen LogP contribution in [-0.4, -0.2) is 42.9 Å². The second-order valence-corrected chi connectivity index (χ2v) is 10.0. The SMILES string of the molecule is COc1ccc(C2(CNC(=O)c3cc(-c4ccc(C)s4)nc4onc(C)c34)CCOCC2)cc1. The fraction of sp³-hybridized carbons (Fsp3) is 0.346. The van der Waals surface area contributed by atoms with Gasteiger partial charge >= 0.3 is 0 Å². The molecule has 1 aliphatic heterocycles. The van der Waals surface area contributed by atoms with Crippen molar-refractivity contribution in [3.05, 3.63) is 64.2 Å². The molecule has 0 unspecified atom stereocenters. The fourth-order valence-corrected chi connectivity index (χ4v) is 5.42. The molecule has 1 fully saturated rings. The lowest BCUT2D eigenvalue weighted by Crippen LogP contribution is -2.44. The molecule has 0 radical (unpaired) electrons. The Hall–Kier alpha value is -3.23. The van der Waals surface area contributed by atoms with Crippen molar-refractivity contribution < 1.29 is 18.8 Å². The second-order valence-electron chi connectivity index (χ2n) is 8.72. The van der Waals surface area contributed by atoms with Gasteiger partial charge in [0.1, 0.15) is 5.75 Å². The van der Waals surface area contributed by atoms with Crippen molar-refractivity contribution in [3.63, 3.8) is 0 Å². The number of carbonyl (C=O) groups is 1. The molecule has 3 aromatic heterocycles. The summed E-state index contributed by atoms with van der Waals surface area (Å²) in [6.07, 6.45) is 1.66. The standard InChI is InChI=1S/C26H27N3O4S/c1-16-4-9-22(34-16)21-14-20(23-17(2)29-33-25(23)28-21)24(30)27-15-26(10-12-32-13-11-26)18-5-7-19(31-3)8-6-18/h4-9,14H,10-13,15H2,1-3H3,(H,27,30). The number of amides is 1. The minimum absolute atomic E-state index is 0.160. The van der Waals surface area contributed by atoms with Crippen LogP contribution in [0.15, 0.2) is 47.0 Å². The number of carbonyl (C=O) groups excluding carboxylic acids is 1. The lowest BCUT2D eigenvalue weighted by Gasteiger charge is -2.38. The summed E-state index contributed by atoms with van der Waals surface area (Å²) < 4.78 is 16.4. The lowest BCUT2D eigenvalue weighted by atomic mass is 9.74. The Morgan fingerprint density at radius 2 is 1.91 bits per heavy atom. The van der Waals surface area contributed by atoms with Crippen molar-refractivity contribution in [1.29, 1.82) is 0 Å². The minimum Gasteiger partial charge on any atom is -0.497 e. The first-order chi connectivity index (χ1) is 16.5. The third-order valence-electron chi connectivity index (χ3n) is 6.59. The molecule has 4 aromatic rings. The van der Waals surface area contributed by atoms with Crippen LogP contribution in [0.5, 0.6) is 5.75 Å². The molecule has 1 N–H and O–H groups in total. The van der Waals surface area contributed by atoms with Crippen LogP contribution in [-0.2, 0) is 10.2 Å². The van der Waals surface area contributed by atoms with E-state index in [4.69, 9.17) is 14.0 Å². The summed E-state index contributed by atoms with van der Waals surface area (Å²) in [7, 11) is 1.66. The first-order valence-corrected chi connectivity index (χ1v) is 12.1. The van der Waals surface area contributed by atoms with Crippen molar-refractivity contribution in [2.75, 3.05) is 26.9 Å². The molecule has 7 nitrogen and oxygen atoms in total. The van der Waals surface area contributed by atoms with Gasteiger partial charge in [0, 0.05) is 30.1 Å². The summed E-state index contributed by atoms with van der Waals surface area (Å²) in [5.41, 5.74) is 3.24. The van der Waals surface area contributed by atoms with E-state index in [0.717, 1.165) is 23.5 Å². The molecular formula is C26H27N3O4S. The van der Waals surface area contributed by atoms with E-state index < -0.39 is 0 Å². The van der Waals surface area contributed by atoms with E-state index in [0.29, 0.717) is 47.8 Å². The van der Waals surface area contributed by atoms with Gasteiger partial charge in [0.25, 0.3) is 11.6 Å². The van der Waals surface area contributed by atoms with Gasteiger partial charge in [-0.3, -0.25) is 4.79 Å². The molecule has 0 saturated carbocycles. The molecule has 5 rings (SSSR count). The van der Waals surface area contributed by atoms with Gasteiger partial charge < -0.3 is 19.3 Å². The van der Waals surface area contributed by atoms with Crippen LogP contribution in [0.4, 0.5) is 0 Å². The van der Waals surface area contributed by atoms with Crippen LogP contribution >= 0.6 is 11.3 Å². The van der Waals surface area contributed by atoms with Gasteiger partial charge in [-0.2, -0.15) is 0 Å². The highest BCUT2D eigenvalue weighted by molar-refractivity contribution is 7.15. The summed E-state index contributed by atoms with van der Waals surface area (Å²) >= 11 is 1.63. The zero-order valence-corrected chi connectivity index (χ0v) is 20.3. The third kappa shape index (κ3) is 4.19. The number of nitrogens with one attached hydrogen (secondary N) is 1. The van der Waals surface area contributed by atoms with E-state index in [1.165, 1.54) is 10.4 Å². The van der Waals surface area contributed by atoms with Crippen molar-refractivity contribution >= 4 is 28.3 Å². The molecule has 0 spiro atoms. The highest BCUT2D eigenvalue weighted by Gasteiger charge is 2.35. The van der Waals surface area contributed by atoms with Gasteiger partial charge in [0.05, 0.1) is 34.3 Å². The Labute approximate surface area is 202 Å². The lowest BCUT2D eigenvalue weighted by molar-refractivity contribution is 0.0487. The average molecular weight is 478 g/mol. The monoisotopic (exact) mass is 477 g/mol. The number of thiophene rings is 1. The normalized spacial score (nSPS) is 15.4. The zero-order chi connectivity index (χ0) is 23.7. The Morgan fingerprint density at radius 1 is 1.15 bits per heavy atom. The maximum Gasteiger partial charge on any atom is 0.259 e. The van der Waals surface area contributed by atoms with Gasteiger partial charge in [-0.15, -0.1) is 11.3 Å². The van der Waals surface area contributed by atoms with Crippen molar-refractivity contribution in [3.8, 4) is 16.3 Å². The van der Waals surface area contributed by atoms with Crippen molar-refractivity contribution in [2.24, 2.45) is 0 Å². The van der Waals surface area contributed by atoms with Gasteiger partial charge in [-0.25, -0.2) is 4.98 Å². The molecule has 0 bridgehead atoms. The topological polar surface area (TPSA) is 86.5 Å². The number of pyridine rings is 1. The minimum atomic E-state index is -0.205. The van der Waals surface area contributed by atoms with Crippen LogP contribution in [0.2, 0.25) is 0 Å². The van der Waals surface area contributed by atoms with Gasteiger partial charge in [-0.1, -0.05) is 17.3 Å². The van der Waals surface area contributed by atoms with E-state index >= 15 is 0 Å². The number of fused-ring (bicyclic) bond motifs is 1. The summed E-state index contributed by atoms with van der Waals surface area (Å²) in [5, 5.41) is 7.93. The average Bonchev–Trinajstić information content (AvgIpc) is 3.48. The van der Waals surface area contributed by atoms with Gasteiger partial charge in [-0.05, 0) is 62.6 Å². The highest BCUT2D eigenvalue weighted by Crippen LogP contribution is 2.36. The first-order valence-electron chi connectivity index (χ1n) is 11.3. The number of rotatable bonds is 6. The maximum absolute atomic E-state index is 13.6. The second kappa shape index (κ2) is 9.19. The predicted molar refractivity (Wildman–Crippen MR) is 132 cm³/mol. The molecule has 34 heavy (non-hydrogen) atoms. The van der Waals surface area contributed by atoms with Gasteiger partial charge in [0.15, 0.2) is 0 Å². The van der Waals surface area contributed by atoms with Gasteiger partial charge in [0.2, 0.25) is 0 Å². The Morgan fingerprint density at radius 3 is 2.59 bits per heavy atom. The number of ether oxygens (including phenoxy) is 2. The number of hydrogen-bond acceptors (Lipinski definition) is 7. The zero-order valence-electron chi connectivity index (χ0n) is 19.5. The van der Waals surface area contributed by atoms with Crippen LogP contribution in [0.25, 0.3) is 21.7 Å². The van der Waals surface area contributed by atoms with E-state index in [1.54, 1.807) is 18.4 Å². The molecule has 1 amide bonds. The summed E-state index contributed by atoms with van der Waals surface area (Å²) in [5.74, 6) is 0.654. The van der Waals surface area contributed by atoms with Crippen LogP contribution < -0.4 is 10.1 Å². The number of nitrogens with zero attached hydrogens (tertiary/aromatic N) is 2. The third-order valence-corrected chi connectivity index (χ3v) is 7.62. The van der Waals surface area contributed by atoms with Crippen molar-refractivity contribution in [2.45, 2.75) is 32.1 Å². The summed E-state index contributed by atoms with van der Waals surface area (Å²) in [6.45, 7) is 5.70. The number of aromatic nitrogens is 2. The number of methoxy groups -OCH3 is 1. The first kappa shape index (κ1) is 22.6. The highest BCUT2D eigenvalue weighted by atomic mass is 32.1. The molecular weight excluding hydrogens is 450 g/mol. The molecule has 1 aliphatic rings. The summed E-state index contributed by atoms with van der Waals surface area (Å²) in [6, 6.07) is 14.0. The van der Waals surface area contributed by atoms with E-state index in [1.807, 2.05) is 44.2 Å². The quantitative estimate of drug-likeness (QED) is 0.418. The van der Waals surface area contributed by atoms with E-state index in [9.17, 15) is 4.79 Å². The molecule has 1 saturated heterocycles. The Balaban J connectivity index is 1.47. The van der Waals surface area contributed by atoms with E-state index in [-0.39, 0.29) is 11.3 Å². The number of hydrogen-bond donors (Lipinski definition) is 1. The Kier molecular flexibility index (Phi) is 6.10. The molecule has 0 aliphatic carbocycles. The number of aryl methyl sites for hydroxylation is 2. The van der Waals surface area contributed by atoms with Crippen molar-refractivity contribution in [1.82, 2.24) is 15.5 Å². The number of benzene rings is 1. The molecule has 1 aromatic carbocycles. The predicted octanol–water partition coefficient (Wildman–Crippen LogP) is 5.05. The van der Waals surface area contributed by atoms with E-state index in [2.05, 4.69) is 27.6 Å². The summed E-state index contributed by atoms with van der Waals surface area (Å²) in [4.78, 5) is 20.3. The fourth-order valence-electron chi connectivity index (χ4n) is 4.59. The van der Waals surface area contributed by atoms with Crippen LogP contribution in [0.1, 0.15) is 39.3 Å². The largest absolute Gasteiger partial charge is 0.497 e. The Bertz CT molecular complexity index is 1320. The smallest absolute Gasteiger partial charge is 0.259 e. The molecule has 8 heteroatoms. The van der Waals surface area contributed by atoms with Crippen LogP contribution in [0.3, 0.4) is 0 Å². The van der Waals surface area contributed by atoms with Crippen LogP contribution in [0, 0.1) is 13.8 Å². The molecule has 176 valence electrons. The maximum atomic E-state index is 13.6.